The van der Waals surface area contributed by atoms with Crippen molar-refractivity contribution in [2.75, 3.05) is 12.4 Å². The van der Waals surface area contributed by atoms with Crippen molar-refractivity contribution in [3.63, 3.8) is 0 Å². The molecule has 1 unspecified atom stereocenters. The Kier molecular flexibility index (Phi) is 4.70. The molecule has 2 aromatic rings. The Morgan fingerprint density at radius 2 is 2.00 bits per heavy atom. The lowest BCUT2D eigenvalue weighted by Gasteiger charge is -2.15. The molecule has 2 rings (SSSR count). The third kappa shape index (κ3) is 3.08. The average molecular weight is 391 g/mol. The normalized spacial score (nSPS) is 12.2. The third-order valence-electron chi connectivity index (χ3n) is 2.57. The lowest BCUT2D eigenvalue weighted by Crippen LogP contribution is -2.05. The highest BCUT2D eigenvalue weighted by atomic mass is 79.9. The summed E-state index contributed by atoms with van der Waals surface area (Å²) in [4.78, 5) is 1.29. The number of thiophene rings is 1. The Labute approximate surface area is 128 Å². The van der Waals surface area contributed by atoms with Crippen molar-refractivity contribution < 1.29 is 4.74 Å². The SMILES string of the molecule is COc1ccc(NC(C)c2sccc2Br)cc1Br. The molecule has 18 heavy (non-hydrogen) atoms. The van der Waals surface area contributed by atoms with E-state index < -0.39 is 0 Å². The van der Waals surface area contributed by atoms with Crippen LogP contribution in [-0.4, -0.2) is 7.11 Å². The zero-order valence-corrected chi connectivity index (χ0v) is 14.0. The first-order chi connectivity index (χ1) is 8.61. The predicted octanol–water partition coefficient (Wildman–Crippen LogP) is 5.45. The molecule has 0 bridgehead atoms. The summed E-state index contributed by atoms with van der Waals surface area (Å²) in [5.41, 5.74) is 1.07. The zero-order valence-electron chi connectivity index (χ0n) is 10.0. The Morgan fingerprint density at radius 3 is 2.56 bits per heavy atom. The van der Waals surface area contributed by atoms with Gasteiger partial charge in [-0.3, -0.25) is 0 Å². The fourth-order valence-corrected chi connectivity index (χ4v) is 3.95. The second-order valence-electron chi connectivity index (χ2n) is 3.85. The topological polar surface area (TPSA) is 21.3 Å². The highest BCUT2D eigenvalue weighted by Crippen LogP contribution is 2.33. The van der Waals surface area contributed by atoms with Gasteiger partial charge in [-0.15, -0.1) is 11.3 Å². The molecular formula is C13H13Br2NOS. The van der Waals surface area contributed by atoms with Crippen molar-refractivity contribution in [1.29, 1.82) is 0 Å². The molecule has 0 saturated heterocycles. The average Bonchev–Trinajstić information content (AvgIpc) is 2.76. The molecule has 0 aliphatic heterocycles. The van der Waals surface area contributed by atoms with Crippen molar-refractivity contribution in [2.24, 2.45) is 0 Å². The molecule has 1 aromatic carbocycles. The van der Waals surface area contributed by atoms with Crippen molar-refractivity contribution in [1.82, 2.24) is 0 Å². The number of anilines is 1. The molecular weight excluding hydrogens is 378 g/mol. The van der Waals surface area contributed by atoms with E-state index in [2.05, 4.69) is 55.5 Å². The smallest absolute Gasteiger partial charge is 0.133 e. The van der Waals surface area contributed by atoms with Gasteiger partial charge in [0.2, 0.25) is 0 Å². The number of benzene rings is 1. The van der Waals surface area contributed by atoms with Crippen LogP contribution in [0.15, 0.2) is 38.6 Å². The standard InChI is InChI=1S/C13H13Br2NOS/c1-8(13-10(14)5-6-18-13)16-9-3-4-12(17-2)11(15)7-9/h3-8,16H,1-2H3. The number of nitrogens with one attached hydrogen (secondary N) is 1. The summed E-state index contributed by atoms with van der Waals surface area (Å²) in [6.07, 6.45) is 0. The van der Waals surface area contributed by atoms with Gasteiger partial charge in [-0.2, -0.15) is 0 Å². The third-order valence-corrected chi connectivity index (χ3v) is 5.25. The minimum atomic E-state index is 0.264. The summed E-state index contributed by atoms with van der Waals surface area (Å²) in [6.45, 7) is 2.15. The molecule has 0 amide bonds. The molecule has 0 saturated carbocycles. The molecule has 1 N–H and O–H groups in total. The van der Waals surface area contributed by atoms with Gasteiger partial charge in [0.1, 0.15) is 5.75 Å². The van der Waals surface area contributed by atoms with Gasteiger partial charge in [0.25, 0.3) is 0 Å². The number of ether oxygens (including phenoxy) is 1. The second-order valence-corrected chi connectivity index (χ2v) is 6.50. The molecule has 1 heterocycles. The minimum absolute atomic E-state index is 0.264. The van der Waals surface area contributed by atoms with E-state index in [4.69, 9.17) is 4.74 Å². The van der Waals surface area contributed by atoms with E-state index in [0.717, 1.165) is 20.4 Å². The molecule has 1 aromatic heterocycles. The highest BCUT2D eigenvalue weighted by Gasteiger charge is 2.11. The molecule has 1 atom stereocenters. The Bertz CT molecular complexity index is 542. The lowest BCUT2D eigenvalue weighted by atomic mass is 10.2. The van der Waals surface area contributed by atoms with Crippen molar-refractivity contribution in [2.45, 2.75) is 13.0 Å². The van der Waals surface area contributed by atoms with E-state index >= 15 is 0 Å². The molecule has 2 nitrogen and oxygen atoms in total. The maximum absolute atomic E-state index is 5.22. The van der Waals surface area contributed by atoms with E-state index in [9.17, 15) is 0 Å². The van der Waals surface area contributed by atoms with Crippen LogP contribution in [-0.2, 0) is 0 Å². The maximum Gasteiger partial charge on any atom is 0.133 e. The van der Waals surface area contributed by atoms with Gasteiger partial charge in [0, 0.05) is 15.0 Å². The van der Waals surface area contributed by atoms with Crippen LogP contribution >= 0.6 is 43.2 Å². The first-order valence-corrected chi connectivity index (χ1v) is 7.91. The fourth-order valence-electron chi connectivity index (χ4n) is 1.69. The predicted molar refractivity (Wildman–Crippen MR) is 84.8 cm³/mol. The molecule has 0 aliphatic carbocycles. The van der Waals surface area contributed by atoms with Crippen molar-refractivity contribution >= 4 is 48.9 Å². The number of halogens is 2. The highest BCUT2D eigenvalue weighted by molar-refractivity contribution is 9.10. The lowest BCUT2D eigenvalue weighted by molar-refractivity contribution is 0.412. The molecule has 0 spiro atoms. The Hall–Kier alpha value is -0.520. The van der Waals surface area contributed by atoms with Gasteiger partial charge in [-0.1, -0.05) is 0 Å². The van der Waals surface area contributed by atoms with Crippen LogP contribution in [0.3, 0.4) is 0 Å². The summed E-state index contributed by atoms with van der Waals surface area (Å²) in [5.74, 6) is 0.838. The van der Waals surface area contributed by atoms with Gasteiger partial charge in [-0.05, 0) is 68.4 Å². The number of hydrogen-bond acceptors (Lipinski definition) is 3. The number of rotatable bonds is 4. The summed E-state index contributed by atoms with van der Waals surface area (Å²) in [6, 6.07) is 8.32. The summed E-state index contributed by atoms with van der Waals surface area (Å²) in [5, 5.41) is 5.56. The second kappa shape index (κ2) is 6.08. The van der Waals surface area contributed by atoms with Gasteiger partial charge >= 0.3 is 0 Å². The Morgan fingerprint density at radius 1 is 1.22 bits per heavy atom. The minimum Gasteiger partial charge on any atom is -0.496 e. The van der Waals surface area contributed by atoms with Crippen LogP contribution in [0.1, 0.15) is 17.8 Å². The summed E-state index contributed by atoms with van der Waals surface area (Å²) < 4.78 is 7.32. The number of methoxy groups -OCH3 is 1. The van der Waals surface area contributed by atoms with Crippen LogP contribution in [0.2, 0.25) is 0 Å². The number of hydrogen-bond donors (Lipinski definition) is 1. The first kappa shape index (κ1) is 13.9. The first-order valence-electron chi connectivity index (χ1n) is 5.44. The largest absolute Gasteiger partial charge is 0.496 e. The van der Waals surface area contributed by atoms with Gasteiger partial charge in [-0.25, -0.2) is 0 Å². The fraction of sp³-hybridized carbons (Fsp3) is 0.231. The van der Waals surface area contributed by atoms with Crippen LogP contribution in [0.25, 0.3) is 0 Å². The Balaban J connectivity index is 2.15. The van der Waals surface area contributed by atoms with E-state index in [1.165, 1.54) is 4.88 Å². The van der Waals surface area contributed by atoms with Gasteiger partial charge < -0.3 is 10.1 Å². The van der Waals surface area contributed by atoms with Crippen LogP contribution in [0.5, 0.6) is 5.75 Å². The van der Waals surface area contributed by atoms with Crippen molar-refractivity contribution in [3.05, 3.63) is 43.5 Å². The van der Waals surface area contributed by atoms with E-state index in [-0.39, 0.29) is 6.04 Å². The molecule has 0 radical (unpaired) electrons. The molecule has 0 fully saturated rings. The monoisotopic (exact) mass is 389 g/mol. The van der Waals surface area contributed by atoms with Crippen molar-refractivity contribution in [3.8, 4) is 5.75 Å². The summed E-state index contributed by atoms with van der Waals surface area (Å²) >= 11 is 8.79. The van der Waals surface area contributed by atoms with Crippen LogP contribution < -0.4 is 10.1 Å². The molecule has 96 valence electrons. The van der Waals surface area contributed by atoms with Gasteiger partial charge in [0.15, 0.2) is 0 Å². The van der Waals surface area contributed by atoms with E-state index in [1.54, 1.807) is 18.4 Å². The summed E-state index contributed by atoms with van der Waals surface area (Å²) in [7, 11) is 1.67. The van der Waals surface area contributed by atoms with Crippen LogP contribution in [0.4, 0.5) is 5.69 Å². The zero-order chi connectivity index (χ0) is 13.1. The van der Waals surface area contributed by atoms with Gasteiger partial charge in [0.05, 0.1) is 17.6 Å². The maximum atomic E-state index is 5.22. The van der Waals surface area contributed by atoms with E-state index in [1.807, 2.05) is 18.2 Å². The van der Waals surface area contributed by atoms with Crippen LogP contribution in [0, 0.1) is 0 Å². The quantitative estimate of drug-likeness (QED) is 0.748. The molecule has 0 aliphatic rings. The molecule has 5 heteroatoms. The van der Waals surface area contributed by atoms with E-state index in [0.29, 0.717) is 0 Å².